The standard InChI is InChI=1S/C17H13N3O8S/c1-2-3-4-29(28)10-7-12-16(14(8-10)20(26)27)15-11(17(12)21)5-9(18(22)23)6-13(15)19(24)25/h5-8H,2-4H2,1H3. The zero-order valence-electron chi connectivity index (χ0n) is 14.9. The molecular weight excluding hydrogens is 406 g/mol. The van der Waals surface area contributed by atoms with E-state index < -0.39 is 48.4 Å². The number of hydrogen-bond donors (Lipinski definition) is 0. The summed E-state index contributed by atoms with van der Waals surface area (Å²) in [4.78, 5) is 44.5. The summed E-state index contributed by atoms with van der Waals surface area (Å²) in [5.74, 6) is -0.585. The van der Waals surface area contributed by atoms with Crippen molar-refractivity contribution in [2.45, 2.75) is 24.7 Å². The van der Waals surface area contributed by atoms with Crippen molar-refractivity contribution in [3.63, 3.8) is 0 Å². The Morgan fingerprint density at radius 3 is 1.93 bits per heavy atom. The van der Waals surface area contributed by atoms with Crippen LogP contribution in [0.25, 0.3) is 11.1 Å². The molecule has 0 aliphatic heterocycles. The van der Waals surface area contributed by atoms with Gasteiger partial charge in [-0.1, -0.05) is 13.3 Å². The highest BCUT2D eigenvalue weighted by atomic mass is 32.2. The average Bonchev–Trinajstić information content (AvgIpc) is 2.96. The van der Waals surface area contributed by atoms with Crippen LogP contribution < -0.4 is 0 Å². The van der Waals surface area contributed by atoms with Crippen molar-refractivity contribution in [1.82, 2.24) is 0 Å². The van der Waals surface area contributed by atoms with Gasteiger partial charge in [0.2, 0.25) is 0 Å². The monoisotopic (exact) mass is 419 g/mol. The minimum Gasteiger partial charge on any atom is -0.289 e. The lowest BCUT2D eigenvalue weighted by atomic mass is 10.0. The van der Waals surface area contributed by atoms with E-state index in [4.69, 9.17) is 0 Å². The van der Waals surface area contributed by atoms with Gasteiger partial charge in [0.25, 0.3) is 17.1 Å². The quantitative estimate of drug-likeness (QED) is 0.414. The van der Waals surface area contributed by atoms with Gasteiger partial charge in [-0.25, -0.2) is 0 Å². The number of nitrogens with zero attached hydrogens (tertiary/aromatic N) is 3. The highest BCUT2D eigenvalue weighted by Crippen LogP contribution is 2.49. The van der Waals surface area contributed by atoms with Crippen LogP contribution in [-0.2, 0) is 10.8 Å². The Labute approximate surface area is 165 Å². The van der Waals surface area contributed by atoms with Crippen LogP contribution in [0.5, 0.6) is 0 Å². The molecule has 12 heteroatoms. The van der Waals surface area contributed by atoms with Gasteiger partial charge in [0.15, 0.2) is 5.78 Å². The first-order valence-corrected chi connectivity index (χ1v) is 9.72. The molecule has 0 bridgehead atoms. The molecule has 0 saturated carbocycles. The van der Waals surface area contributed by atoms with Crippen molar-refractivity contribution in [2.75, 3.05) is 5.75 Å². The number of carbonyl (C=O) groups is 1. The molecule has 0 radical (unpaired) electrons. The molecule has 0 fully saturated rings. The van der Waals surface area contributed by atoms with Gasteiger partial charge < -0.3 is 0 Å². The third kappa shape index (κ3) is 3.38. The van der Waals surface area contributed by atoms with Gasteiger partial charge in [-0.2, -0.15) is 0 Å². The maximum Gasteiger partial charge on any atom is 0.285 e. The number of hydrogen-bond acceptors (Lipinski definition) is 8. The number of unbranched alkanes of at least 4 members (excludes halogenated alkanes) is 1. The molecule has 1 aliphatic rings. The van der Waals surface area contributed by atoms with E-state index in [1.165, 1.54) is 6.07 Å². The van der Waals surface area contributed by atoms with Crippen molar-refractivity contribution in [3.8, 4) is 11.1 Å². The van der Waals surface area contributed by atoms with Crippen LogP contribution >= 0.6 is 0 Å². The number of carbonyl (C=O) groups excluding carboxylic acids is 1. The van der Waals surface area contributed by atoms with Crippen molar-refractivity contribution in [1.29, 1.82) is 0 Å². The van der Waals surface area contributed by atoms with Gasteiger partial charge in [-0.3, -0.25) is 39.3 Å². The molecule has 1 unspecified atom stereocenters. The van der Waals surface area contributed by atoms with Crippen LogP contribution in [0.4, 0.5) is 17.1 Å². The summed E-state index contributed by atoms with van der Waals surface area (Å²) < 4.78 is 12.5. The van der Waals surface area contributed by atoms with Crippen molar-refractivity contribution in [3.05, 3.63) is 65.7 Å². The van der Waals surface area contributed by atoms with Crippen molar-refractivity contribution < 1.29 is 23.8 Å². The number of rotatable bonds is 7. The fourth-order valence-electron chi connectivity index (χ4n) is 3.16. The highest BCUT2D eigenvalue weighted by Gasteiger charge is 2.41. The largest absolute Gasteiger partial charge is 0.289 e. The normalized spacial score (nSPS) is 12.9. The predicted octanol–water partition coefficient (Wildman–Crippen LogP) is 3.53. The molecule has 0 heterocycles. The van der Waals surface area contributed by atoms with Crippen LogP contribution in [0.1, 0.15) is 35.7 Å². The minimum absolute atomic E-state index is 0.0576. The number of nitro benzene ring substituents is 3. The average molecular weight is 419 g/mol. The summed E-state index contributed by atoms with van der Waals surface area (Å²) in [7, 11) is -1.61. The molecule has 0 spiro atoms. The fraction of sp³-hybridized carbons (Fsp3) is 0.235. The first kappa shape index (κ1) is 20.2. The lowest BCUT2D eigenvalue weighted by Gasteiger charge is -2.07. The van der Waals surface area contributed by atoms with Gasteiger partial charge in [-0.05, 0) is 12.5 Å². The lowest BCUT2D eigenvalue weighted by molar-refractivity contribution is -0.394. The topological polar surface area (TPSA) is 164 Å². The molecule has 11 nitrogen and oxygen atoms in total. The highest BCUT2D eigenvalue weighted by molar-refractivity contribution is 7.85. The maximum atomic E-state index is 12.8. The number of nitro groups is 3. The maximum absolute atomic E-state index is 12.8. The second kappa shape index (κ2) is 7.47. The van der Waals surface area contributed by atoms with E-state index in [0.717, 1.165) is 18.6 Å². The predicted molar refractivity (Wildman–Crippen MR) is 101 cm³/mol. The Hall–Kier alpha value is -3.54. The molecule has 0 N–H and O–H groups in total. The van der Waals surface area contributed by atoms with Crippen LogP contribution in [0.2, 0.25) is 0 Å². The second-order valence-corrected chi connectivity index (χ2v) is 7.83. The van der Waals surface area contributed by atoms with E-state index in [9.17, 15) is 39.3 Å². The van der Waals surface area contributed by atoms with Gasteiger partial charge >= 0.3 is 0 Å². The zero-order chi connectivity index (χ0) is 21.5. The van der Waals surface area contributed by atoms with Crippen LogP contribution in [0.15, 0.2) is 29.2 Å². The third-order valence-corrected chi connectivity index (χ3v) is 5.90. The molecule has 2 aromatic rings. The van der Waals surface area contributed by atoms with Crippen LogP contribution in [0.3, 0.4) is 0 Å². The van der Waals surface area contributed by atoms with Crippen LogP contribution in [-0.4, -0.2) is 30.5 Å². The Morgan fingerprint density at radius 2 is 1.41 bits per heavy atom. The van der Waals surface area contributed by atoms with Crippen LogP contribution in [0, 0.1) is 30.3 Å². The minimum atomic E-state index is -1.61. The second-order valence-electron chi connectivity index (χ2n) is 6.26. The van der Waals surface area contributed by atoms with Crippen molar-refractivity contribution in [2.24, 2.45) is 0 Å². The molecule has 3 rings (SSSR count). The van der Waals surface area contributed by atoms with E-state index in [2.05, 4.69) is 0 Å². The molecule has 0 saturated heterocycles. The summed E-state index contributed by atoms with van der Waals surface area (Å²) in [6.45, 7) is 1.88. The lowest BCUT2D eigenvalue weighted by Crippen LogP contribution is -2.03. The van der Waals surface area contributed by atoms with Gasteiger partial charge in [0.1, 0.15) is 0 Å². The summed E-state index contributed by atoms with van der Waals surface area (Å²) in [5.41, 5.74) is -3.26. The molecule has 0 amide bonds. The molecule has 150 valence electrons. The summed E-state index contributed by atoms with van der Waals surface area (Å²) in [5, 5.41) is 34.2. The fourth-order valence-corrected chi connectivity index (χ4v) is 4.44. The van der Waals surface area contributed by atoms with Gasteiger partial charge in [-0.15, -0.1) is 0 Å². The number of fused-ring (bicyclic) bond motifs is 3. The summed E-state index contributed by atoms with van der Waals surface area (Å²) in [6.07, 6.45) is 1.35. The van der Waals surface area contributed by atoms with Crippen molar-refractivity contribution >= 4 is 33.6 Å². The smallest absolute Gasteiger partial charge is 0.285 e. The van der Waals surface area contributed by atoms with Gasteiger partial charge in [0, 0.05) is 33.9 Å². The summed E-state index contributed by atoms with van der Waals surface area (Å²) in [6, 6.07) is 3.78. The number of non-ortho nitro benzene ring substituents is 1. The van der Waals surface area contributed by atoms with E-state index in [-0.39, 0.29) is 32.9 Å². The Morgan fingerprint density at radius 1 is 0.862 bits per heavy atom. The Kier molecular flexibility index (Phi) is 5.20. The summed E-state index contributed by atoms with van der Waals surface area (Å²) >= 11 is 0. The first-order chi connectivity index (χ1) is 13.7. The van der Waals surface area contributed by atoms with E-state index in [0.29, 0.717) is 12.5 Å². The number of benzene rings is 2. The molecule has 1 aliphatic carbocycles. The van der Waals surface area contributed by atoms with E-state index >= 15 is 0 Å². The Bertz CT molecular complexity index is 1130. The third-order valence-electron chi connectivity index (χ3n) is 4.48. The molecular formula is C17H13N3O8S. The molecule has 29 heavy (non-hydrogen) atoms. The zero-order valence-corrected chi connectivity index (χ0v) is 15.8. The first-order valence-electron chi connectivity index (χ1n) is 8.40. The number of ketones is 1. The molecule has 1 atom stereocenters. The van der Waals surface area contributed by atoms with E-state index in [1.54, 1.807) is 0 Å². The SMILES string of the molecule is CCCCS(=O)c1cc2c(c([N+](=O)[O-])c1)-c1c(cc([N+](=O)[O-])cc1[N+](=O)[O-])C2=O. The van der Waals surface area contributed by atoms with E-state index in [1.807, 2.05) is 6.92 Å². The van der Waals surface area contributed by atoms with Gasteiger partial charge in [0.05, 0.1) is 42.8 Å². The Balaban J connectivity index is 2.33. The molecule has 0 aromatic heterocycles. The molecule has 2 aromatic carbocycles.